The van der Waals surface area contributed by atoms with E-state index in [2.05, 4.69) is 19.1 Å². The van der Waals surface area contributed by atoms with Gasteiger partial charge in [-0.2, -0.15) is 0 Å². The number of hydrogen-bond acceptors (Lipinski definition) is 0. The molecule has 0 unspecified atom stereocenters. The summed E-state index contributed by atoms with van der Waals surface area (Å²) < 4.78 is 13.1. The van der Waals surface area contributed by atoms with Gasteiger partial charge in [0.1, 0.15) is 5.82 Å². The maximum absolute atomic E-state index is 13.1. The molecule has 0 amide bonds. The topological polar surface area (TPSA) is 0 Å². The van der Waals surface area contributed by atoms with Crippen LogP contribution in [0.5, 0.6) is 0 Å². The van der Waals surface area contributed by atoms with Crippen LogP contribution in [-0.2, 0) is 0 Å². The van der Waals surface area contributed by atoms with Gasteiger partial charge < -0.3 is 0 Å². The molecule has 0 heterocycles. The van der Waals surface area contributed by atoms with Gasteiger partial charge in [0.05, 0.1) is 0 Å². The zero-order valence-corrected chi connectivity index (χ0v) is 18.8. The van der Waals surface area contributed by atoms with Crippen molar-refractivity contribution in [1.82, 2.24) is 0 Å². The lowest BCUT2D eigenvalue weighted by Gasteiger charge is -2.29. The average Bonchev–Trinajstić information content (AvgIpc) is 2.76. The van der Waals surface area contributed by atoms with Crippen LogP contribution >= 0.6 is 0 Å². The molecule has 0 bridgehead atoms. The van der Waals surface area contributed by atoms with Crippen LogP contribution in [-0.4, -0.2) is 0 Å². The van der Waals surface area contributed by atoms with Crippen molar-refractivity contribution in [2.24, 2.45) is 17.8 Å². The van der Waals surface area contributed by atoms with Gasteiger partial charge in [-0.15, -0.1) is 0 Å². The normalized spacial score (nSPS) is 28.1. The van der Waals surface area contributed by atoms with Gasteiger partial charge in [-0.1, -0.05) is 76.2 Å². The quantitative estimate of drug-likeness (QED) is 0.272. The van der Waals surface area contributed by atoms with Crippen molar-refractivity contribution in [3.05, 3.63) is 47.8 Å². The van der Waals surface area contributed by atoms with Crippen molar-refractivity contribution >= 4 is 0 Å². The molecule has 3 rings (SSSR count). The van der Waals surface area contributed by atoms with Gasteiger partial charge >= 0.3 is 0 Å². The molecule has 1 heteroatoms. The van der Waals surface area contributed by atoms with Crippen LogP contribution in [0.25, 0.3) is 0 Å². The molecular formula is C28H43F. The Hall–Kier alpha value is -1.11. The highest BCUT2D eigenvalue weighted by Crippen LogP contribution is 2.37. The van der Waals surface area contributed by atoms with Crippen LogP contribution in [0.15, 0.2) is 36.4 Å². The summed E-state index contributed by atoms with van der Waals surface area (Å²) in [7, 11) is 0. The molecule has 2 aliphatic carbocycles. The molecule has 29 heavy (non-hydrogen) atoms. The molecule has 0 N–H and O–H groups in total. The van der Waals surface area contributed by atoms with E-state index in [1.165, 1.54) is 102 Å². The molecule has 1 aromatic rings. The number of allylic oxidation sites excluding steroid dienone is 2. The Labute approximate surface area is 179 Å². The van der Waals surface area contributed by atoms with Gasteiger partial charge in [0.25, 0.3) is 0 Å². The highest BCUT2D eigenvalue weighted by molar-refractivity contribution is 5.21. The predicted molar refractivity (Wildman–Crippen MR) is 124 cm³/mol. The molecular weight excluding hydrogens is 355 g/mol. The Morgan fingerprint density at radius 1 is 0.724 bits per heavy atom. The highest BCUT2D eigenvalue weighted by Gasteiger charge is 2.22. The largest absolute Gasteiger partial charge is 0.207 e. The number of unbranched alkanes of at least 4 members (excludes halogenated alkanes) is 5. The minimum atomic E-state index is -0.118. The highest BCUT2D eigenvalue weighted by atomic mass is 19.1. The Bertz CT molecular complexity index is 571. The second-order valence-electron chi connectivity index (χ2n) is 9.89. The third-order valence-electron chi connectivity index (χ3n) is 7.63. The summed E-state index contributed by atoms with van der Waals surface area (Å²) in [6.45, 7) is 2.30. The molecule has 0 saturated heterocycles. The van der Waals surface area contributed by atoms with Crippen LogP contribution in [0.2, 0.25) is 0 Å². The van der Waals surface area contributed by atoms with E-state index in [0.717, 1.165) is 17.8 Å². The Balaban J connectivity index is 1.28. The molecule has 0 aliphatic heterocycles. The molecule has 0 aromatic heterocycles. The van der Waals surface area contributed by atoms with Crippen LogP contribution in [0.1, 0.15) is 115 Å². The molecule has 2 aliphatic rings. The van der Waals surface area contributed by atoms with Crippen molar-refractivity contribution in [3.63, 3.8) is 0 Å². The van der Waals surface area contributed by atoms with Crippen molar-refractivity contribution in [2.45, 2.75) is 109 Å². The van der Waals surface area contributed by atoms with Gasteiger partial charge in [0.15, 0.2) is 0 Å². The zero-order chi connectivity index (χ0) is 20.3. The van der Waals surface area contributed by atoms with Crippen molar-refractivity contribution < 1.29 is 4.39 Å². The van der Waals surface area contributed by atoms with E-state index in [4.69, 9.17) is 0 Å². The zero-order valence-electron chi connectivity index (χ0n) is 18.8. The minimum Gasteiger partial charge on any atom is -0.207 e. The lowest BCUT2D eigenvalue weighted by molar-refractivity contribution is 0.287. The standard InChI is InChI=1S/C28H43F/c1-2-3-4-5-6-7-8-23-9-11-24(12-10-23)13-14-25-15-17-26(18-16-25)27-19-21-28(29)22-20-27/h13-14,19-26H,2-12,15-18H2,1H3/b14-13+/t23-,24-,25-,26-. The van der Waals surface area contributed by atoms with Gasteiger partial charge in [-0.25, -0.2) is 4.39 Å². The van der Waals surface area contributed by atoms with E-state index in [9.17, 15) is 4.39 Å². The Morgan fingerprint density at radius 2 is 1.28 bits per heavy atom. The second-order valence-corrected chi connectivity index (χ2v) is 9.89. The van der Waals surface area contributed by atoms with E-state index in [1.807, 2.05) is 12.1 Å². The summed E-state index contributed by atoms with van der Waals surface area (Å²) in [6.07, 6.45) is 26.1. The first-order chi connectivity index (χ1) is 14.2. The second kappa shape index (κ2) is 12.6. The number of hydrogen-bond donors (Lipinski definition) is 0. The monoisotopic (exact) mass is 398 g/mol. The molecule has 0 spiro atoms. The third kappa shape index (κ3) is 7.91. The molecule has 2 saturated carbocycles. The summed E-state index contributed by atoms with van der Waals surface area (Å²) in [6, 6.07) is 7.20. The van der Waals surface area contributed by atoms with Gasteiger partial charge in [0.2, 0.25) is 0 Å². The van der Waals surface area contributed by atoms with Crippen molar-refractivity contribution in [3.8, 4) is 0 Å². The van der Waals surface area contributed by atoms with Crippen LogP contribution in [0.3, 0.4) is 0 Å². The first-order valence-electron chi connectivity index (χ1n) is 12.7. The smallest absolute Gasteiger partial charge is 0.123 e. The average molecular weight is 399 g/mol. The fraction of sp³-hybridized carbons (Fsp3) is 0.714. The van der Waals surface area contributed by atoms with E-state index < -0.39 is 0 Å². The Morgan fingerprint density at radius 3 is 1.90 bits per heavy atom. The molecule has 2 fully saturated rings. The Kier molecular flexibility index (Phi) is 9.77. The summed E-state index contributed by atoms with van der Waals surface area (Å²) in [4.78, 5) is 0. The summed E-state index contributed by atoms with van der Waals surface area (Å²) in [5.41, 5.74) is 1.33. The number of rotatable bonds is 10. The molecule has 0 radical (unpaired) electrons. The molecule has 0 atom stereocenters. The minimum absolute atomic E-state index is 0.118. The summed E-state index contributed by atoms with van der Waals surface area (Å²) in [5, 5.41) is 0. The SMILES string of the molecule is CCCCCCCC[C@H]1CC[C@H](/C=C/[C@H]2CC[C@H](c3ccc(F)cc3)CC2)CC1. The lowest BCUT2D eigenvalue weighted by atomic mass is 9.77. The van der Waals surface area contributed by atoms with Gasteiger partial charge in [-0.05, 0) is 92.7 Å². The third-order valence-corrected chi connectivity index (χ3v) is 7.63. The maximum atomic E-state index is 13.1. The van der Waals surface area contributed by atoms with E-state index in [0.29, 0.717) is 5.92 Å². The van der Waals surface area contributed by atoms with Crippen molar-refractivity contribution in [2.75, 3.05) is 0 Å². The van der Waals surface area contributed by atoms with E-state index in [-0.39, 0.29) is 5.82 Å². The lowest BCUT2D eigenvalue weighted by Crippen LogP contribution is -2.14. The number of benzene rings is 1. The van der Waals surface area contributed by atoms with E-state index >= 15 is 0 Å². The molecule has 1 aromatic carbocycles. The van der Waals surface area contributed by atoms with Gasteiger partial charge in [-0.3, -0.25) is 0 Å². The fourth-order valence-electron chi connectivity index (χ4n) is 5.58. The fourth-order valence-corrected chi connectivity index (χ4v) is 5.58. The molecule has 0 nitrogen and oxygen atoms in total. The van der Waals surface area contributed by atoms with Crippen molar-refractivity contribution in [1.29, 1.82) is 0 Å². The summed E-state index contributed by atoms with van der Waals surface area (Å²) in [5.74, 6) is 3.14. The number of halogens is 1. The molecule has 162 valence electrons. The maximum Gasteiger partial charge on any atom is 0.123 e. The van der Waals surface area contributed by atoms with E-state index in [1.54, 1.807) is 12.1 Å². The predicted octanol–water partition coefficient (Wildman–Crippen LogP) is 9.21. The first kappa shape index (κ1) is 22.6. The van der Waals surface area contributed by atoms with Gasteiger partial charge in [0, 0.05) is 0 Å². The van der Waals surface area contributed by atoms with Crippen LogP contribution in [0.4, 0.5) is 4.39 Å². The first-order valence-corrected chi connectivity index (χ1v) is 12.7. The van der Waals surface area contributed by atoms with Crippen LogP contribution in [0, 0.1) is 23.6 Å². The van der Waals surface area contributed by atoms with Crippen LogP contribution < -0.4 is 0 Å². The summed E-state index contributed by atoms with van der Waals surface area (Å²) >= 11 is 0.